The highest BCUT2D eigenvalue weighted by Gasteiger charge is 2.44. The Balaban J connectivity index is 1.96. The molecular weight excluding hydrogens is 322 g/mol. The molecule has 4 atom stereocenters. The number of aliphatic hydroxyl groups is 3. The first-order valence-corrected chi connectivity index (χ1v) is 7.22. The quantitative estimate of drug-likeness (QED) is 0.455. The van der Waals surface area contributed by atoms with Crippen molar-refractivity contribution in [2.75, 3.05) is 6.61 Å². The Hall–Kier alpha value is -2.34. The van der Waals surface area contributed by atoms with Crippen LogP contribution < -0.4 is 11.2 Å². The monoisotopic (exact) mass is 339 g/mol. The number of aryl methyl sites for hydroxylation is 1. The van der Waals surface area contributed by atoms with Crippen molar-refractivity contribution in [3.05, 3.63) is 44.5 Å². The Morgan fingerprint density at radius 1 is 1.29 bits per heavy atom. The molecule has 0 aliphatic carbocycles. The molecule has 0 aromatic carbocycles. The summed E-state index contributed by atoms with van der Waals surface area (Å²) in [5, 5.41) is 36.6. The lowest BCUT2D eigenvalue weighted by Gasteiger charge is -2.15. The van der Waals surface area contributed by atoms with E-state index >= 15 is 0 Å². The summed E-state index contributed by atoms with van der Waals surface area (Å²) in [5.74, 6) is 0. The molecule has 3 rings (SSSR count). The first kappa shape index (κ1) is 16.5. The van der Waals surface area contributed by atoms with Crippen LogP contribution in [0, 0.1) is 0 Å². The highest BCUT2D eigenvalue weighted by molar-refractivity contribution is 5.15. The van der Waals surface area contributed by atoms with Crippen LogP contribution in [0.5, 0.6) is 0 Å². The fourth-order valence-corrected chi connectivity index (χ4v) is 2.65. The Kier molecular flexibility index (Phi) is 4.32. The number of H-pyrrole nitrogens is 1. The van der Waals surface area contributed by atoms with Gasteiger partial charge in [-0.1, -0.05) is 5.21 Å². The van der Waals surface area contributed by atoms with Crippen molar-refractivity contribution in [3.63, 3.8) is 0 Å². The molecule has 0 bridgehead atoms. The minimum Gasteiger partial charge on any atom is -0.394 e. The fourth-order valence-electron chi connectivity index (χ4n) is 2.65. The van der Waals surface area contributed by atoms with Crippen molar-refractivity contribution >= 4 is 0 Å². The lowest BCUT2D eigenvalue weighted by molar-refractivity contribution is -0.0233. The molecule has 0 spiro atoms. The van der Waals surface area contributed by atoms with Crippen molar-refractivity contribution in [2.24, 2.45) is 7.05 Å². The van der Waals surface area contributed by atoms with Gasteiger partial charge in [-0.3, -0.25) is 19.0 Å². The molecule has 11 nitrogen and oxygen atoms in total. The van der Waals surface area contributed by atoms with Crippen LogP contribution in [-0.2, 0) is 18.3 Å². The van der Waals surface area contributed by atoms with E-state index in [-0.39, 0.29) is 12.1 Å². The molecule has 11 heteroatoms. The average molecular weight is 339 g/mol. The summed E-state index contributed by atoms with van der Waals surface area (Å²) in [6.45, 7) is -0.447. The maximum absolute atomic E-state index is 12.0. The van der Waals surface area contributed by atoms with Gasteiger partial charge >= 0.3 is 5.69 Å². The van der Waals surface area contributed by atoms with Crippen LogP contribution in [-0.4, -0.2) is 64.8 Å². The molecule has 1 unspecified atom stereocenters. The molecule has 3 heterocycles. The molecule has 130 valence electrons. The van der Waals surface area contributed by atoms with E-state index in [0.717, 1.165) is 0 Å². The van der Waals surface area contributed by atoms with E-state index in [1.807, 2.05) is 0 Å². The molecule has 24 heavy (non-hydrogen) atoms. The molecule has 1 aliphatic heterocycles. The van der Waals surface area contributed by atoms with E-state index < -0.39 is 42.3 Å². The maximum Gasteiger partial charge on any atom is 0.328 e. The summed E-state index contributed by atoms with van der Waals surface area (Å²) >= 11 is 0. The fraction of sp³-hybridized carbons (Fsp3) is 0.538. The molecule has 2 aromatic heterocycles. The largest absolute Gasteiger partial charge is 0.394 e. The zero-order valence-corrected chi connectivity index (χ0v) is 12.7. The summed E-state index contributed by atoms with van der Waals surface area (Å²) < 4.78 is 7.99. The van der Waals surface area contributed by atoms with E-state index in [0.29, 0.717) is 5.69 Å². The molecule has 0 saturated carbocycles. The highest BCUT2D eigenvalue weighted by atomic mass is 16.6. The smallest absolute Gasteiger partial charge is 0.328 e. The van der Waals surface area contributed by atoms with Crippen molar-refractivity contribution in [3.8, 4) is 0 Å². The van der Waals surface area contributed by atoms with E-state index in [1.54, 1.807) is 13.2 Å². The summed E-state index contributed by atoms with van der Waals surface area (Å²) in [7, 11) is 1.68. The first-order valence-electron chi connectivity index (χ1n) is 7.22. The molecule has 0 radical (unpaired) electrons. The van der Waals surface area contributed by atoms with Crippen LogP contribution in [0.15, 0.2) is 22.0 Å². The third kappa shape index (κ3) is 2.89. The first-order chi connectivity index (χ1) is 11.4. The number of rotatable bonds is 4. The number of nitrogens with zero attached hydrogens (tertiary/aromatic N) is 4. The van der Waals surface area contributed by atoms with Crippen LogP contribution in [0.25, 0.3) is 0 Å². The van der Waals surface area contributed by atoms with E-state index in [4.69, 9.17) is 9.84 Å². The minimum atomic E-state index is -1.40. The maximum atomic E-state index is 12.0. The zero-order chi connectivity index (χ0) is 17.4. The van der Waals surface area contributed by atoms with Crippen LogP contribution in [0.3, 0.4) is 0 Å². The van der Waals surface area contributed by atoms with Gasteiger partial charge in [-0.2, -0.15) is 0 Å². The summed E-state index contributed by atoms with van der Waals surface area (Å²) in [4.78, 5) is 26.1. The number of ether oxygens (including phenoxy) is 1. The van der Waals surface area contributed by atoms with Gasteiger partial charge in [-0.25, -0.2) is 4.79 Å². The molecule has 1 aliphatic rings. The molecule has 2 aromatic rings. The summed E-state index contributed by atoms with van der Waals surface area (Å²) in [6, 6.07) is 0. The SMILES string of the molecule is Cn1cc(Cn2cc([C@@H]3O[C@H](CO)C(O)[C@@H]3O)c(=O)[nH]c2=O)nn1. The van der Waals surface area contributed by atoms with Gasteiger partial charge in [0.25, 0.3) is 5.56 Å². The second-order valence-electron chi connectivity index (χ2n) is 5.61. The average Bonchev–Trinajstić information content (AvgIpc) is 3.07. The second kappa shape index (κ2) is 6.28. The third-order valence-electron chi connectivity index (χ3n) is 3.87. The molecule has 1 saturated heterocycles. The van der Waals surface area contributed by atoms with Crippen molar-refractivity contribution in [1.29, 1.82) is 0 Å². The standard InChI is InChI=1S/C13H17N5O6/c1-17-2-6(15-16-17)3-18-4-7(12(22)14-13(18)23)11-10(21)9(20)8(5-19)24-11/h2,4,8-11,19-21H,3,5H2,1H3,(H,14,22,23)/t8-,9?,10+,11+/m1/s1. The van der Waals surface area contributed by atoms with Crippen molar-refractivity contribution in [2.45, 2.75) is 31.0 Å². The summed E-state index contributed by atoms with van der Waals surface area (Å²) in [6.07, 6.45) is -2.04. The van der Waals surface area contributed by atoms with Gasteiger partial charge in [0.1, 0.15) is 30.1 Å². The Morgan fingerprint density at radius 2 is 2.04 bits per heavy atom. The highest BCUT2D eigenvalue weighted by Crippen LogP contribution is 2.31. The number of hydrogen-bond acceptors (Lipinski definition) is 8. The van der Waals surface area contributed by atoms with Crippen molar-refractivity contribution < 1.29 is 20.1 Å². The summed E-state index contributed by atoms with van der Waals surface area (Å²) in [5.41, 5.74) is -0.911. The Bertz CT molecular complexity index is 842. The second-order valence-corrected chi connectivity index (χ2v) is 5.61. The third-order valence-corrected chi connectivity index (χ3v) is 3.87. The van der Waals surface area contributed by atoms with Crippen LogP contribution >= 0.6 is 0 Å². The number of aromatic nitrogens is 5. The van der Waals surface area contributed by atoms with Gasteiger partial charge in [-0.15, -0.1) is 5.10 Å². The molecule has 4 N–H and O–H groups in total. The van der Waals surface area contributed by atoms with E-state index in [1.165, 1.54) is 15.4 Å². The van der Waals surface area contributed by atoms with Crippen LogP contribution in [0.4, 0.5) is 0 Å². The van der Waals surface area contributed by atoms with Crippen LogP contribution in [0.1, 0.15) is 17.4 Å². The van der Waals surface area contributed by atoms with E-state index in [2.05, 4.69) is 15.3 Å². The van der Waals surface area contributed by atoms with Gasteiger partial charge in [0.05, 0.1) is 18.7 Å². The number of aliphatic hydroxyl groups excluding tert-OH is 3. The number of aromatic amines is 1. The normalized spacial score (nSPS) is 26.8. The zero-order valence-electron chi connectivity index (χ0n) is 12.7. The van der Waals surface area contributed by atoms with Gasteiger partial charge in [0.15, 0.2) is 0 Å². The van der Waals surface area contributed by atoms with Gasteiger partial charge in [-0.05, 0) is 0 Å². The Morgan fingerprint density at radius 3 is 2.62 bits per heavy atom. The molecular formula is C13H17N5O6. The lowest BCUT2D eigenvalue weighted by Crippen LogP contribution is -2.36. The topological polar surface area (TPSA) is 155 Å². The minimum absolute atomic E-state index is 0.0269. The van der Waals surface area contributed by atoms with Gasteiger partial charge in [0, 0.05) is 19.4 Å². The van der Waals surface area contributed by atoms with Gasteiger partial charge < -0.3 is 20.1 Å². The predicted molar refractivity (Wildman–Crippen MR) is 78.1 cm³/mol. The number of nitrogens with one attached hydrogen (secondary N) is 1. The number of hydrogen-bond donors (Lipinski definition) is 4. The Labute approximate surface area is 134 Å². The van der Waals surface area contributed by atoms with Gasteiger partial charge in [0.2, 0.25) is 0 Å². The molecule has 0 amide bonds. The predicted octanol–water partition coefficient (Wildman–Crippen LogP) is -3.13. The molecule has 1 fully saturated rings. The van der Waals surface area contributed by atoms with Crippen LogP contribution in [0.2, 0.25) is 0 Å². The van der Waals surface area contributed by atoms with E-state index in [9.17, 15) is 19.8 Å². The van der Waals surface area contributed by atoms with Crippen molar-refractivity contribution in [1.82, 2.24) is 24.5 Å². The lowest BCUT2D eigenvalue weighted by atomic mass is 10.0.